The van der Waals surface area contributed by atoms with Crippen LogP contribution in [0.4, 0.5) is 0 Å². The minimum Gasteiger partial charge on any atom is -0.497 e. The lowest BCUT2D eigenvalue weighted by Gasteiger charge is -2.30. The summed E-state index contributed by atoms with van der Waals surface area (Å²) < 4.78 is 18.3. The Hall–Kier alpha value is -4.70. The lowest BCUT2D eigenvalue weighted by atomic mass is 10.1. The Kier molecular flexibility index (Phi) is 7.15. The summed E-state index contributed by atoms with van der Waals surface area (Å²) in [5.41, 5.74) is 3.38. The highest BCUT2D eigenvalue weighted by Crippen LogP contribution is 2.34. The average molecular weight is 539 g/mol. The number of hydrogen-bond acceptors (Lipinski definition) is 8. The van der Waals surface area contributed by atoms with E-state index in [1.165, 1.54) is 0 Å². The Morgan fingerprint density at radius 1 is 1.00 bits per heavy atom. The fourth-order valence-corrected chi connectivity index (χ4v) is 5.16. The van der Waals surface area contributed by atoms with Gasteiger partial charge in [-0.25, -0.2) is 4.68 Å². The van der Waals surface area contributed by atoms with Crippen LogP contribution in [-0.2, 0) is 19.6 Å². The third kappa shape index (κ3) is 5.26. The summed E-state index contributed by atoms with van der Waals surface area (Å²) in [7, 11) is 1.61. The molecule has 204 valence electrons. The first-order valence-electron chi connectivity index (χ1n) is 13.2. The van der Waals surface area contributed by atoms with Crippen molar-refractivity contribution in [3.63, 3.8) is 0 Å². The van der Waals surface area contributed by atoms with Crippen LogP contribution in [0.3, 0.4) is 0 Å². The van der Waals surface area contributed by atoms with Crippen molar-refractivity contribution in [3.8, 4) is 17.2 Å². The van der Waals surface area contributed by atoms with Crippen LogP contribution in [0.25, 0.3) is 10.9 Å². The van der Waals surface area contributed by atoms with E-state index in [0.29, 0.717) is 30.9 Å². The molecular formula is C30H30N6O4. The molecule has 2 aromatic heterocycles. The monoisotopic (exact) mass is 538 g/mol. The highest BCUT2D eigenvalue weighted by atomic mass is 16.7. The molecule has 1 N–H and O–H groups in total. The van der Waals surface area contributed by atoms with Gasteiger partial charge in [-0.1, -0.05) is 43.3 Å². The molecule has 10 nitrogen and oxygen atoms in total. The van der Waals surface area contributed by atoms with Gasteiger partial charge in [-0.3, -0.25) is 9.69 Å². The Morgan fingerprint density at radius 2 is 1.85 bits per heavy atom. The molecule has 3 aromatic carbocycles. The zero-order valence-corrected chi connectivity index (χ0v) is 22.4. The van der Waals surface area contributed by atoms with E-state index in [1.807, 2.05) is 65.3 Å². The molecular weight excluding hydrogens is 508 g/mol. The summed E-state index contributed by atoms with van der Waals surface area (Å²) in [6.07, 6.45) is 0.738. The molecule has 0 radical (unpaired) electrons. The van der Waals surface area contributed by atoms with Crippen LogP contribution in [0.1, 0.15) is 41.9 Å². The first-order chi connectivity index (χ1) is 19.6. The maximum absolute atomic E-state index is 13.3. The van der Waals surface area contributed by atoms with Crippen LogP contribution in [-0.4, -0.2) is 44.0 Å². The number of tetrazole rings is 1. The molecule has 0 fully saturated rings. The van der Waals surface area contributed by atoms with E-state index in [0.717, 1.165) is 45.8 Å². The zero-order chi connectivity index (χ0) is 27.5. The van der Waals surface area contributed by atoms with Crippen molar-refractivity contribution in [2.24, 2.45) is 0 Å². The standard InChI is InChI=1S/C30H30N6O4/c1-3-26(29-32-33-34-36(29)17-20-7-5-4-6-8-20)35(16-21-9-12-27-28(13-21)40-19-39-27)18-23-14-22-10-11-24(38-2)15-25(22)31-30(23)37/h4-15,26H,3,16-19H2,1-2H3,(H,31,37)/t26-/m0/s1. The number of nitrogens with zero attached hydrogens (tertiary/aromatic N) is 5. The molecule has 1 aliphatic rings. The molecule has 3 heterocycles. The fraction of sp³-hybridized carbons (Fsp3) is 0.267. The van der Waals surface area contributed by atoms with E-state index in [-0.39, 0.29) is 18.4 Å². The molecule has 10 heteroatoms. The van der Waals surface area contributed by atoms with Crippen LogP contribution in [0.15, 0.2) is 77.6 Å². The van der Waals surface area contributed by atoms with Crippen LogP contribution in [0, 0.1) is 0 Å². The number of ether oxygens (including phenoxy) is 3. The summed E-state index contributed by atoms with van der Waals surface area (Å²) in [4.78, 5) is 18.5. The van der Waals surface area contributed by atoms with Crippen molar-refractivity contribution in [2.45, 2.75) is 39.0 Å². The lowest BCUT2D eigenvalue weighted by molar-refractivity contribution is 0.161. The maximum Gasteiger partial charge on any atom is 0.252 e. The third-order valence-electron chi connectivity index (χ3n) is 7.19. The van der Waals surface area contributed by atoms with Crippen molar-refractivity contribution >= 4 is 10.9 Å². The number of methoxy groups -OCH3 is 1. The van der Waals surface area contributed by atoms with Crippen LogP contribution >= 0.6 is 0 Å². The van der Waals surface area contributed by atoms with E-state index < -0.39 is 0 Å². The highest BCUT2D eigenvalue weighted by molar-refractivity contribution is 5.80. The maximum atomic E-state index is 13.3. The van der Waals surface area contributed by atoms with Gasteiger partial charge in [0.25, 0.3) is 5.56 Å². The number of fused-ring (bicyclic) bond motifs is 2. The van der Waals surface area contributed by atoms with E-state index in [2.05, 4.69) is 44.5 Å². The van der Waals surface area contributed by atoms with Gasteiger partial charge in [0, 0.05) is 24.7 Å². The summed E-state index contributed by atoms with van der Waals surface area (Å²) in [6.45, 7) is 3.81. The van der Waals surface area contributed by atoms with E-state index >= 15 is 0 Å². The summed E-state index contributed by atoms with van der Waals surface area (Å²) >= 11 is 0. The molecule has 0 aliphatic carbocycles. The highest BCUT2D eigenvalue weighted by Gasteiger charge is 2.27. The van der Waals surface area contributed by atoms with Gasteiger partial charge in [-0.05, 0) is 63.7 Å². The topological polar surface area (TPSA) is 107 Å². The summed E-state index contributed by atoms with van der Waals surface area (Å²) in [6, 6.07) is 23.5. The normalized spacial score (nSPS) is 13.2. The number of aromatic amines is 1. The molecule has 0 spiro atoms. The van der Waals surface area contributed by atoms with E-state index in [1.54, 1.807) is 7.11 Å². The first kappa shape index (κ1) is 25.6. The average Bonchev–Trinajstić information content (AvgIpc) is 3.63. The smallest absolute Gasteiger partial charge is 0.252 e. The Labute approximate surface area is 231 Å². The summed E-state index contributed by atoms with van der Waals surface area (Å²) in [5, 5.41) is 13.7. The van der Waals surface area contributed by atoms with Crippen molar-refractivity contribution in [1.82, 2.24) is 30.1 Å². The number of rotatable bonds is 10. The van der Waals surface area contributed by atoms with Crippen LogP contribution in [0.5, 0.6) is 17.2 Å². The van der Waals surface area contributed by atoms with E-state index in [9.17, 15) is 4.79 Å². The minimum absolute atomic E-state index is 0.143. The molecule has 0 saturated heterocycles. The Bertz CT molecular complexity index is 1680. The molecule has 1 aliphatic heterocycles. The Balaban J connectivity index is 1.37. The largest absolute Gasteiger partial charge is 0.497 e. The van der Waals surface area contributed by atoms with Crippen molar-refractivity contribution in [2.75, 3.05) is 13.9 Å². The molecule has 5 aromatic rings. The zero-order valence-electron chi connectivity index (χ0n) is 22.4. The number of hydrogen-bond donors (Lipinski definition) is 1. The van der Waals surface area contributed by atoms with Gasteiger partial charge < -0.3 is 19.2 Å². The van der Waals surface area contributed by atoms with Crippen LogP contribution < -0.4 is 19.8 Å². The number of benzene rings is 3. The number of nitrogens with one attached hydrogen (secondary N) is 1. The van der Waals surface area contributed by atoms with Crippen molar-refractivity contribution < 1.29 is 14.2 Å². The molecule has 1 atom stereocenters. The van der Waals surface area contributed by atoms with Gasteiger partial charge in [0.15, 0.2) is 17.3 Å². The molecule has 0 unspecified atom stereocenters. The second kappa shape index (κ2) is 11.2. The molecule has 0 saturated carbocycles. The van der Waals surface area contributed by atoms with Gasteiger partial charge in [-0.2, -0.15) is 0 Å². The number of H-pyrrole nitrogens is 1. The SMILES string of the molecule is CC[C@@H](c1nnnn1Cc1ccccc1)N(Cc1ccc2c(c1)OCO2)Cc1cc2ccc(OC)cc2[nH]c1=O. The second-order valence-corrected chi connectivity index (χ2v) is 9.77. The lowest BCUT2D eigenvalue weighted by Crippen LogP contribution is -2.32. The van der Waals surface area contributed by atoms with Crippen LogP contribution in [0.2, 0.25) is 0 Å². The minimum atomic E-state index is -0.157. The molecule has 6 rings (SSSR count). The predicted octanol–water partition coefficient (Wildman–Crippen LogP) is 4.45. The molecule has 0 bridgehead atoms. The third-order valence-corrected chi connectivity index (χ3v) is 7.19. The predicted molar refractivity (Wildman–Crippen MR) is 149 cm³/mol. The number of pyridine rings is 1. The van der Waals surface area contributed by atoms with Gasteiger partial charge in [0.1, 0.15) is 5.75 Å². The Morgan fingerprint density at radius 3 is 2.67 bits per heavy atom. The van der Waals surface area contributed by atoms with Crippen molar-refractivity contribution in [1.29, 1.82) is 0 Å². The quantitative estimate of drug-likeness (QED) is 0.278. The van der Waals surface area contributed by atoms with Gasteiger partial charge in [0.2, 0.25) is 6.79 Å². The van der Waals surface area contributed by atoms with Crippen molar-refractivity contribution in [3.05, 3.63) is 106 Å². The van der Waals surface area contributed by atoms with Gasteiger partial charge >= 0.3 is 0 Å². The number of aromatic nitrogens is 5. The van der Waals surface area contributed by atoms with E-state index in [4.69, 9.17) is 14.2 Å². The summed E-state index contributed by atoms with van der Waals surface area (Å²) in [5.74, 6) is 2.89. The fourth-order valence-electron chi connectivity index (χ4n) is 5.16. The second-order valence-electron chi connectivity index (χ2n) is 9.77. The molecule has 0 amide bonds. The van der Waals surface area contributed by atoms with Gasteiger partial charge in [0.05, 0.1) is 25.2 Å². The first-order valence-corrected chi connectivity index (χ1v) is 13.2. The molecule has 40 heavy (non-hydrogen) atoms. The van der Waals surface area contributed by atoms with Gasteiger partial charge in [-0.15, -0.1) is 5.10 Å².